The molecule has 1 rings (SSSR count). The summed E-state index contributed by atoms with van der Waals surface area (Å²) in [6.07, 6.45) is 1.97. The van der Waals surface area contributed by atoms with E-state index in [0.717, 1.165) is 12.0 Å². The van der Waals surface area contributed by atoms with Crippen molar-refractivity contribution >= 4 is 27.9 Å². The summed E-state index contributed by atoms with van der Waals surface area (Å²) in [4.78, 5) is 22.9. The van der Waals surface area contributed by atoms with Gasteiger partial charge in [0, 0.05) is 5.41 Å². The topological polar surface area (TPSA) is 52.6 Å². The summed E-state index contributed by atoms with van der Waals surface area (Å²) in [5.74, 6) is -0.917. The summed E-state index contributed by atoms with van der Waals surface area (Å²) < 4.78 is 10.2. The standard InChI is InChI=1S/C13H19BrO4/c1-5-6-8(2)9(14)11(15)18-10-12(16)17-7-13(10,3)4/h6,9-10H,5,7H2,1-4H3/b8-6-/t9?,10-/m0/s1. The van der Waals surface area contributed by atoms with E-state index in [1.807, 2.05) is 33.8 Å². The van der Waals surface area contributed by atoms with Crippen molar-refractivity contribution in [3.8, 4) is 0 Å². The van der Waals surface area contributed by atoms with Crippen molar-refractivity contribution in [2.45, 2.75) is 45.0 Å². The molecule has 0 bridgehead atoms. The number of allylic oxidation sites excluding steroid dienone is 1. The number of cyclic esters (lactones) is 1. The van der Waals surface area contributed by atoms with Crippen LogP contribution in [0, 0.1) is 5.41 Å². The van der Waals surface area contributed by atoms with Crippen LogP contribution < -0.4 is 0 Å². The second kappa shape index (κ2) is 5.87. The molecule has 0 radical (unpaired) electrons. The van der Waals surface area contributed by atoms with Gasteiger partial charge in [0.2, 0.25) is 6.10 Å². The lowest BCUT2D eigenvalue weighted by Gasteiger charge is -2.23. The summed E-state index contributed by atoms with van der Waals surface area (Å²) in [5.41, 5.74) is 0.411. The van der Waals surface area contributed by atoms with Crippen molar-refractivity contribution in [2.24, 2.45) is 5.41 Å². The highest BCUT2D eigenvalue weighted by molar-refractivity contribution is 9.10. The molecule has 2 atom stereocenters. The van der Waals surface area contributed by atoms with Crippen molar-refractivity contribution in [1.29, 1.82) is 0 Å². The maximum Gasteiger partial charge on any atom is 0.348 e. The highest BCUT2D eigenvalue weighted by atomic mass is 79.9. The van der Waals surface area contributed by atoms with Gasteiger partial charge in [-0.05, 0) is 13.3 Å². The van der Waals surface area contributed by atoms with Crippen LogP contribution in [0.3, 0.4) is 0 Å². The van der Waals surface area contributed by atoms with Gasteiger partial charge in [-0.25, -0.2) is 4.79 Å². The molecule has 1 aliphatic heterocycles. The number of halogens is 1. The predicted molar refractivity (Wildman–Crippen MR) is 71.4 cm³/mol. The van der Waals surface area contributed by atoms with Gasteiger partial charge < -0.3 is 9.47 Å². The third-order valence-corrected chi connectivity index (χ3v) is 3.97. The van der Waals surface area contributed by atoms with Gasteiger partial charge in [0.25, 0.3) is 0 Å². The van der Waals surface area contributed by atoms with E-state index in [0.29, 0.717) is 0 Å². The fourth-order valence-electron chi connectivity index (χ4n) is 1.72. The first-order valence-electron chi connectivity index (χ1n) is 5.97. The molecule has 0 amide bonds. The number of hydrogen-bond donors (Lipinski definition) is 0. The average Bonchev–Trinajstić information content (AvgIpc) is 2.55. The zero-order chi connectivity index (χ0) is 13.9. The van der Waals surface area contributed by atoms with Crippen LogP contribution in [0.25, 0.3) is 0 Å². The molecule has 0 saturated carbocycles. The van der Waals surface area contributed by atoms with Crippen LogP contribution in [0.5, 0.6) is 0 Å². The van der Waals surface area contributed by atoms with Crippen molar-refractivity contribution in [1.82, 2.24) is 0 Å². The van der Waals surface area contributed by atoms with Gasteiger partial charge in [-0.1, -0.05) is 48.4 Å². The van der Waals surface area contributed by atoms with E-state index in [1.54, 1.807) is 0 Å². The lowest BCUT2D eigenvalue weighted by atomic mass is 9.90. The summed E-state index contributed by atoms with van der Waals surface area (Å²) in [7, 11) is 0. The number of carbonyl (C=O) groups is 2. The number of hydrogen-bond acceptors (Lipinski definition) is 4. The third-order valence-electron chi connectivity index (χ3n) is 2.88. The van der Waals surface area contributed by atoms with Crippen LogP contribution in [0.1, 0.15) is 34.1 Å². The van der Waals surface area contributed by atoms with Gasteiger partial charge in [0.05, 0.1) is 0 Å². The molecule has 1 unspecified atom stereocenters. The van der Waals surface area contributed by atoms with E-state index in [4.69, 9.17) is 9.47 Å². The van der Waals surface area contributed by atoms with Gasteiger partial charge in [-0.2, -0.15) is 0 Å². The largest absolute Gasteiger partial charge is 0.462 e. The molecule has 102 valence electrons. The van der Waals surface area contributed by atoms with Gasteiger partial charge in [0.15, 0.2) is 0 Å². The van der Waals surface area contributed by atoms with Gasteiger partial charge in [-0.3, -0.25) is 4.79 Å². The summed E-state index contributed by atoms with van der Waals surface area (Å²) in [6, 6.07) is 0. The summed E-state index contributed by atoms with van der Waals surface area (Å²) in [6.45, 7) is 7.80. The minimum absolute atomic E-state index is 0.278. The Labute approximate surface area is 116 Å². The molecular formula is C13H19BrO4. The molecule has 5 heteroatoms. The Morgan fingerprint density at radius 3 is 2.72 bits per heavy atom. The fraction of sp³-hybridized carbons (Fsp3) is 0.692. The average molecular weight is 319 g/mol. The van der Waals surface area contributed by atoms with Gasteiger partial charge >= 0.3 is 11.9 Å². The van der Waals surface area contributed by atoms with E-state index < -0.39 is 28.3 Å². The smallest absolute Gasteiger partial charge is 0.348 e. The first-order chi connectivity index (χ1) is 8.29. The van der Waals surface area contributed by atoms with Crippen molar-refractivity contribution in [3.63, 3.8) is 0 Å². The normalized spacial score (nSPS) is 24.6. The first-order valence-corrected chi connectivity index (χ1v) is 6.89. The number of rotatable bonds is 4. The Morgan fingerprint density at radius 1 is 1.67 bits per heavy atom. The minimum Gasteiger partial charge on any atom is -0.462 e. The van der Waals surface area contributed by atoms with Crippen molar-refractivity contribution in [3.05, 3.63) is 11.6 Å². The molecule has 1 saturated heterocycles. The zero-order valence-corrected chi connectivity index (χ0v) is 12.7. The fourth-order valence-corrected chi connectivity index (χ4v) is 2.02. The second-order valence-electron chi connectivity index (χ2n) is 5.13. The number of ether oxygens (including phenoxy) is 2. The molecule has 0 N–H and O–H groups in total. The molecule has 18 heavy (non-hydrogen) atoms. The first kappa shape index (κ1) is 15.2. The molecule has 0 aliphatic carbocycles. The third kappa shape index (κ3) is 3.34. The number of alkyl halides is 1. The summed E-state index contributed by atoms with van der Waals surface area (Å²) in [5, 5.41) is 0. The Hall–Kier alpha value is -0.840. The summed E-state index contributed by atoms with van der Waals surface area (Å²) >= 11 is 3.28. The molecule has 0 aromatic carbocycles. The number of carbonyl (C=O) groups excluding carboxylic acids is 2. The molecule has 1 fully saturated rings. The molecule has 4 nitrogen and oxygen atoms in total. The van der Waals surface area contributed by atoms with Crippen molar-refractivity contribution < 1.29 is 19.1 Å². The van der Waals surface area contributed by atoms with E-state index in [9.17, 15) is 9.59 Å². The minimum atomic E-state index is -0.820. The van der Waals surface area contributed by atoms with E-state index in [1.165, 1.54) is 0 Å². The van der Waals surface area contributed by atoms with Crippen LogP contribution in [0.4, 0.5) is 0 Å². The maximum absolute atomic E-state index is 11.9. The van der Waals surface area contributed by atoms with E-state index >= 15 is 0 Å². The Bertz CT molecular complexity index is 373. The molecule has 0 aromatic rings. The highest BCUT2D eigenvalue weighted by Crippen LogP contribution is 2.32. The molecular weight excluding hydrogens is 300 g/mol. The zero-order valence-electron chi connectivity index (χ0n) is 11.2. The molecule has 1 aliphatic rings. The number of esters is 2. The van der Waals surface area contributed by atoms with Crippen LogP contribution in [-0.2, 0) is 19.1 Å². The predicted octanol–water partition coefficient (Wildman–Crippen LogP) is 2.60. The SMILES string of the molecule is CC/C=C(/C)C(Br)C(=O)O[C@H]1C(=O)OCC1(C)C. The van der Waals surface area contributed by atoms with E-state index in [2.05, 4.69) is 15.9 Å². The second-order valence-corrected chi connectivity index (χ2v) is 6.05. The van der Waals surface area contributed by atoms with Crippen LogP contribution in [0.15, 0.2) is 11.6 Å². The Balaban J connectivity index is 2.70. The molecule has 1 heterocycles. The molecule has 0 spiro atoms. The van der Waals surface area contributed by atoms with Crippen LogP contribution >= 0.6 is 15.9 Å². The molecule has 0 aromatic heterocycles. The monoisotopic (exact) mass is 318 g/mol. The van der Waals surface area contributed by atoms with E-state index in [-0.39, 0.29) is 6.61 Å². The lowest BCUT2D eigenvalue weighted by molar-refractivity contribution is -0.162. The quantitative estimate of drug-likeness (QED) is 0.454. The van der Waals surface area contributed by atoms with Gasteiger partial charge in [0.1, 0.15) is 11.4 Å². The Kier molecular flexibility index (Phi) is 4.96. The Morgan fingerprint density at radius 2 is 2.28 bits per heavy atom. The van der Waals surface area contributed by atoms with Crippen LogP contribution in [0.2, 0.25) is 0 Å². The highest BCUT2D eigenvalue weighted by Gasteiger charge is 2.47. The van der Waals surface area contributed by atoms with Crippen molar-refractivity contribution in [2.75, 3.05) is 6.61 Å². The van der Waals surface area contributed by atoms with Crippen LogP contribution in [-0.4, -0.2) is 29.5 Å². The maximum atomic E-state index is 11.9. The van der Waals surface area contributed by atoms with Gasteiger partial charge in [-0.15, -0.1) is 0 Å². The lowest BCUT2D eigenvalue weighted by Crippen LogP contribution is -2.37.